The van der Waals surface area contributed by atoms with Gasteiger partial charge < -0.3 is 25.2 Å². The van der Waals surface area contributed by atoms with Crippen LogP contribution in [0.1, 0.15) is 6.92 Å². The Bertz CT molecular complexity index is 205. The van der Waals surface area contributed by atoms with Crippen LogP contribution in [0.25, 0.3) is 0 Å². The van der Waals surface area contributed by atoms with Crippen molar-refractivity contribution in [3.8, 4) is 0 Å². The highest BCUT2D eigenvalue weighted by Gasteiger charge is 2.44. The van der Waals surface area contributed by atoms with E-state index in [9.17, 15) is 20.1 Å². The Kier molecular flexibility index (Phi) is 2.87. The van der Waals surface area contributed by atoms with Gasteiger partial charge in [0.25, 0.3) is 0 Å². The summed E-state index contributed by atoms with van der Waals surface area (Å²) in [6.45, 7) is 1.43. The maximum Gasteiger partial charge on any atom is 0.335 e. The molecule has 0 spiro atoms. The van der Waals surface area contributed by atoms with Gasteiger partial charge in [-0.15, -0.1) is 0 Å². The zero-order chi connectivity index (χ0) is 10.2. The summed E-state index contributed by atoms with van der Waals surface area (Å²) in [6.07, 6.45) is -6.62. The second-order valence-electron chi connectivity index (χ2n) is 3.07. The van der Waals surface area contributed by atoms with Crippen molar-refractivity contribution in [3.05, 3.63) is 0 Å². The second-order valence-corrected chi connectivity index (χ2v) is 3.07. The van der Waals surface area contributed by atoms with Crippen LogP contribution in [0.4, 0.5) is 0 Å². The summed E-state index contributed by atoms with van der Waals surface area (Å²) >= 11 is 0. The van der Waals surface area contributed by atoms with Crippen LogP contribution in [0.15, 0.2) is 0 Å². The van der Waals surface area contributed by atoms with Crippen LogP contribution in [-0.2, 0) is 9.53 Å². The molecular formula is C7H12O6. The lowest BCUT2D eigenvalue weighted by Crippen LogP contribution is -2.58. The first-order valence-corrected chi connectivity index (χ1v) is 3.87. The molecule has 1 aliphatic heterocycles. The monoisotopic (exact) mass is 192 g/mol. The summed E-state index contributed by atoms with van der Waals surface area (Å²) in [7, 11) is 0. The molecule has 5 atom stereocenters. The van der Waals surface area contributed by atoms with E-state index < -0.39 is 36.5 Å². The summed E-state index contributed by atoms with van der Waals surface area (Å²) in [5.41, 5.74) is 0. The minimum absolute atomic E-state index is 0.806. The van der Waals surface area contributed by atoms with Gasteiger partial charge in [0.1, 0.15) is 18.3 Å². The molecule has 1 rings (SSSR count). The van der Waals surface area contributed by atoms with Crippen molar-refractivity contribution < 1.29 is 30.0 Å². The van der Waals surface area contributed by atoms with Gasteiger partial charge in [-0.3, -0.25) is 0 Å². The van der Waals surface area contributed by atoms with Gasteiger partial charge in [0.2, 0.25) is 0 Å². The molecule has 13 heavy (non-hydrogen) atoms. The Morgan fingerprint density at radius 3 is 2.15 bits per heavy atom. The van der Waals surface area contributed by atoms with E-state index in [4.69, 9.17) is 9.84 Å². The molecule has 6 heteroatoms. The summed E-state index contributed by atoms with van der Waals surface area (Å²) in [6, 6.07) is 0. The summed E-state index contributed by atoms with van der Waals surface area (Å²) < 4.78 is 4.78. The fourth-order valence-electron chi connectivity index (χ4n) is 1.26. The maximum absolute atomic E-state index is 10.5. The fourth-order valence-corrected chi connectivity index (χ4v) is 1.26. The zero-order valence-electron chi connectivity index (χ0n) is 6.99. The van der Waals surface area contributed by atoms with E-state index in [-0.39, 0.29) is 0 Å². The molecule has 0 aromatic carbocycles. The minimum atomic E-state index is -1.59. The van der Waals surface area contributed by atoms with Crippen LogP contribution in [0.2, 0.25) is 0 Å². The molecule has 0 saturated carbocycles. The van der Waals surface area contributed by atoms with Gasteiger partial charge in [0.05, 0.1) is 6.10 Å². The van der Waals surface area contributed by atoms with E-state index in [0.717, 1.165) is 0 Å². The Morgan fingerprint density at radius 1 is 1.15 bits per heavy atom. The van der Waals surface area contributed by atoms with Crippen molar-refractivity contribution in [2.75, 3.05) is 0 Å². The summed E-state index contributed by atoms with van der Waals surface area (Å²) in [5, 5.41) is 36.1. The predicted octanol–water partition coefficient (Wildman–Crippen LogP) is -2.06. The van der Waals surface area contributed by atoms with E-state index >= 15 is 0 Å². The van der Waals surface area contributed by atoms with Gasteiger partial charge in [0, 0.05) is 0 Å². The second kappa shape index (κ2) is 3.59. The molecule has 0 bridgehead atoms. The number of hydrogen-bond acceptors (Lipinski definition) is 5. The molecule has 0 aromatic heterocycles. The van der Waals surface area contributed by atoms with E-state index in [1.807, 2.05) is 0 Å². The van der Waals surface area contributed by atoms with Crippen LogP contribution in [0, 0.1) is 0 Å². The van der Waals surface area contributed by atoms with Crippen molar-refractivity contribution in [2.45, 2.75) is 37.4 Å². The third-order valence-corrected chi connectivity index (χ3v) is 2.10. The summed E-state index contributed by atoms with van der Waals surface area (Å²) in [4.78, 5) is 10.5. The van der Waals surface area contributed by atoms with Crippen molar-refractivity contribution in [1.29, 1.82) is 0 Å². The topological polar surface area (TPSA) is 107 Å². The first-order valence-electron chi connectivity index (χ1n) is 3.87. The van der Waals surface area contributed by atoms with Crippen molar-refractivity contribution in [3.63, 3.8) is 0 Å². The zero-order valence-corrected chi connectivity index (χ0v) is 6.99. The fraction of sp³-hybridized carbons (Fsp3) is 0.857. The van der Waals surface area contributed by atoms with Crippen molar-refractivity contribution in [1.82, 2.24) is 0 Å². The molecule has 1 fully saturated rings. The molecule has 0 aliphatic carbocycles. The number of aliphatic carboxylic acids is 1. The molecule has 1 heterocycles. The number of carbonyl (C=O) groups is 1. The van der Waals surface area contributed by atoms with Gasteiger partial charge >= 0.3 is 5.97 Å². The molecule has 0 amide bonds. The average molecular weight is 192 g/mol. The SMILES string of the molecule is C[C@H]1OC(C(=O)O)[C@H](O)C(O)[C@H]1O. The third-order valence-electron chi connectivity index (χ3n) is 2.10. The lowest BCUT2D eigenvalue weighted by atomic mass is 9.96. The molecule has 1 aliphatic rings. The molecule has 6 nitrogen and oxygen atoms in total. The Balaban J connectivity index is 2.76. The normalized spacial score (nSPS) is 46.0. The van der Waals surface area contributed by atoms with Crippen LogP contribution in [-0.4, -0.2) is 56.9 Å². The Labute approximate surface area is 74.4 Å². The maximum atomic E-state index is 10.5. The Hall–Kier alpha value is -0.690. The first-order chi connectivity index (χ1) is 5.95. The lowest BCUT2D eigenvalue weighted by Gasteiger charge is -2.37. The number of hydrogen-bond donors (Lipinski definition) is 4. The molecule has 0 radical (unpaired) electrons. The highest BCUT2D eigenvalue weighted by molar-refractivity contribution is 5.73. The summed E-state index contributed by atoms with van der Waals surface area (Å²) in [5.74, 6) is -1.36. The Morgan fingerprint density at radius 2 is 1.69 bits per heavy atom. The van der Waals surface area contributed by atoms with Gasteiger partial charge in [-0.25, -0.2) is 4.79 Å². The van der Waals surface area contributed by atoms with E-state index in [2.05, 4.69) is 0 Å². The number of ether oxygens (including phenoxy) is 1. The van der Waals surface area contributed by atoms with Gasteiger partial charge in [0.15, 0.2) is 6.10 Å². The number of rotatable bonds is 1. The molecular weight excluding hydrogens is 180 g/mol. The van der Waals surface area contributed by atoms with Gasteiger partial charge in [-0.2, -0.15) is 0 Å². The first kappa shape index (κ1) is 10.4. The number of aliphatic hydroxyl groups is 3. The molecule has 4 N–H and O–H groups in total. The third kappa shape index (κ3) is 1.80. The highest BCUT2D eigenvalue weighted by atomic mass is 16.6. The van der Waals surface area contributed by atoms with Gasteiger partial charge in [-0.1, -0.05) is 0 Å². The largest absolute Gasteiger partial charge is 0.479 e. The lowest BCUT2D eigenvalue weighted by molar-refractivity contribution is -0.223. The number of carboxylic acid groups (broad SMARTS) is 1. The van der Waals surface area contributed by atoms with Gasteiger partial charge in [-0.05, 0) is 6.92 Å². The van der Waals surface area contributed by atoms with E-state index in [0.29, 0.717) is 0 Å². The predicted molar refractivity (Wildman–Crippen MR) is 40.0 cm³/mol. The van der Waals surface area contributed by atoms with Crippen LogP contribution in [0.5, 0.6) is 0 Å². The van der Waals surface area contributed by atoms with Crippen molar-refractivity contribution >= 4 is 5.97 Å². The van der Waals surface area contributed by atoms with E-state index in [1.165, 1.54) is 6.92 Å². The van der Waals surface area contributed by atoms with Crippen LogP contribution < -0.4 is 0 Å². The number of carboxylic acids is 1. The molecule has 1 saturated heterocycles. The average Bonchev–Trinajstić information content (AvgIpc) is 2.07. The standard InChI is InChI=1S/C7H12O6/c1-2-3(8)4(9)5(10)6(13-2)7(11)12/h2-6,8-10H,1H3,(H,11,12)/t2-,3+,4?,5-,6?/m1/s1. The minimum Gasteiger partial charge on any atom is -0.479 e. The number of aliphatic hydroxyl groups excluding tert-OH is 3. The van der Waals surface area contributed by atoms with Crippen LogP contribution >= 0.6 is 0 Å². The highest BCUT2D eigenvalue weighted by Crippen LogP contribution is 2.20. The molecule has 0 aromatic rings. The van der Waals surface area contributed by atoms with E-state index in [1.54, 1.807) is 0 Å². The van der Waals surface area contributed by atoms with Crippen molar-refractivity contribution in [2.24, 2.45) is 0 Å². The molecule has 76 valence electrons. The molecule has 2 unspecified atom stereocenters. The smallest absolute Gasteiger partial charge is 0.335 e. The van der Waals surface area contributed by atoms with Crippen LogP contribution in [0.3, 0.4) is 0 Å². The quantitative estimate of drug-likeness (QED) is 0.380.